The first kappa shape index (κ1) is 12.6. The molecule has 0 spiro atoms. The molecule has 2 aromatic rings. The van der Waals surface area contributed by atoms with Crippen molar-refractivity contribution < 1.29 is 4.92 Å². The summed E-state index contributed by atoms with van der Waals surface area (Å²) in [6, 6.07) is 4.94. The van der Waals surface area contributed by atoms with E-state index in [0.29, 0.717) is 6.54 Å². The van der Waals surface area contributed by atoms with E-state index in [2.05, 4.69) is 14.5 Å². The highest BCUT2D eigenvalue weighted by atomic mass is 16.6. The number of hydrogen-bond donors (Lipinski definition) is 1. The second-order valence-electron chi connectivity index (χ2n) is 4.85. The number of rotatable bonds is 3. The average Bonchev–Trinajstić information content (AvgIpc) is 2.88. The van der Waals surface area contributed by atoms with Gasteiger partial charge in [0.1, 0.15) is 11.5 Å². The zero-order chi connectivity index (χ0) is 14.1. The van der Waals surface area contributed by atoms with Crippen molar-refractivity contribution in [1.82, 2.24) is 14.5 Å². The number of nitro groups is 1. The van der Waals surface area contributed by atoms with Crippen molar-refractivity contribution in [1.29, 1.82) is 0 Å². The van der Waals surface area contributed by atoms with Crippen molar-refractivity contribution in [3.63, 3.8) is 0 Å². The summed E-state index contributed by atoms with van der Waals surface area (Å²) in [4.78, 5) is 16.9. The summed E-state index contributed by atoms with van der Waals surface area (Å²) in [5.74, 6) is 1.01. The Hall–Kier alpha value is -2.41. The van der Waals surface area contributed by atoms with E-state index in [-0.39, 0.29) is 11.4 Å². The van der Waals surface area contributed by atoms with Crippen molar-refractivity contribution in [3.05, 3.63) is 52.1 Å². The molecule has 0 aliphatic carbocycles. The molecule has 1 aliphatic heterocycles. The summed E-state index contributed by atoms with van der Waals surface area (Å²) < 4.78 is 2.12. The Kier molecular flexibility index (Phi) is 3.11. The van der Waals surface area contributed by atoms with Crippen LogP contribution in [0, 0.1) is 10.1 Å². The van der Waals surface area contributed by atoms with Gasteiger partial charge in [0.2, 0.25) is 0 Å². The lowest BCUT2D eigenvalue weighted by atomic mass is 10.1. The Balaban J connectivity index is 1.79. The number of fused-ring (bicyclic) bond motifs is 1. The van der Waals surface area contributed by atoms with E-state index in [1.807, 2.05) is 12.3 Å². The lowest BCUT2D eigenvalue weighted by molar-refractivity contribution is -0.384. The molecule has 7 heteroatoms. The minimum atomic E-state index is -0.443. The van der Waals surface area contributed by atoms with Gasteiger partial charge in [-0.1, -0.05) is 12.1 Å². The van der Waals surface area contributed by atoms with Crippen LogP contribution >= 0.6 is 0 Å². The molecule has 0 atom stereocenters. The number of para-hydroxylation sites is 1. The smallest absolute Gasteiger partial charge is 0.292 e. The maximum Gasteiger partial charge on any atom is 0.292 e. The van der Waals surface area contributed by atoms with Crippen LogP contribution in [0.25, 0.3) is 0 Å². The summed E-state index contributed by atoms with van der Waals surface area (Å²) in [6.45, 7) is 3.09. The molecule has 104 valence electrons. The van der Waals surface area contributed by atoms with Crippen LogP contribution in [-0.4, -0.2) is 25.9 Å². The molecule has 1 aromatic carbocycles. The van der Waals surface area contributed by atoms with Gasteiger partial charge in [0.25, 0.3) is 5.69 Å². The van der Waals surface area contributed by atoms with Crippen LogP contribution < -0.4 is 5.73 Å². The van der Waals surface area contributed by atoms with Crippen LogP contribution in [-0.2, 0) is 19.6 Å². The van der Waals surface area contributed by atoms with Gasteiger partial charge < -0.3 is 10.3 Å². The fourth-order valence-electron chi connectivity index (χ4n) is 2.50. The van der Waals surface area contributed by atoms with E-state index in [0.717, 1.165) is 31.0 Å². The molecule has 0 saturated heterocycles. The Morgan fingerprint density at radius 2 is 2.25 bits per heavy atom. The molecular weight excluding hydrogens is 258 g/mol. The van der Waals surface area contributed by atoms with Crippen LogP contribution in [0.1, 0.15) is 11.4 Å². The molecule has 0 bridgehead atoms. The van der Waals surface area contributed by atoms with Crippen LogP contribution in [0.15, 0.2) is 30.6 Å². The largest absolute Gasteiger partial charge is 0.393 e. The van der Waals surface area contributed by atoms with Gasteiger partial charge in [0.15, 0.2) is 0 Å². The molecule has 0 saturated carbocycles. The molecule has 20 heavy (non-hydrogen) atoms. The van der Waals surface area contributed by atoms with Crippen molar-refractivity contribution in [2.24, 2.45) is 0 Å². The van der Waals surface area contributed by atoms with Gasteiger partial charge in [-0.15, -0.1) is 0 Å². The highest BCUT2D eigenvalue weighted by Gasteiger charge is 2.20. The third-order valence-electron chi connectivity index (χ3n) is 3.59. The van der Waals surface area contributed by atoms with Crippen molar-refractivity contribution in [2.45, 2.75) is 19.6 Å². The van der Waals surface area contributed by atoms with Gasteiger partial charge >= 0.3 is 0 Å². The zero-order valence-corrected chi connectivity index (χ0v) is 10.9. The fourth-order valence-corrected chi connectivity index (χ4v) is 2.50. The molecule has 0 radical (unpaired) electrons. The molecule has 0 unspecified atom stereocenters. The van der Waals surface area contributed by atoms with E-state index >= 15 is 0 Å². The van der Waals surface area contributed by atoms with Crippen LogP contribution in [0.5, 0.6) is 0 Å². The summed E-state index contributed by atoms with van der Waals surface area (Å²) in [7, 11) is 0. The van der Waals surface area contributed by atoms with Gasteiger partial charge in [-0.25, -0.2) is 4.98 Å². The molecule has 2 N–H and O–H groups in total. The molecule has 3 rings (SSSR count). The van der Waals surface area contributed by atoms with Crippen molar-refractivity contribution >= 4 is 11.4 Å². The fraction of sp³-hybridized carbons (Fsp3) is 0.308. The second kappa shape index (κ2) is 4.93. The normalized spacial score (nSPS) is 15.0. The minimum absolute atomic E-state index is 0.0268. The van der Waals surface area contributed by atoms with E-state index in [9.17, 15) is 10.1 Å². The number of benzene rings is 1. The molecule has 1 aromatic heterocycles. The Labute approximate surface area is 115 Å². The second-order valence-corrected chi connectivity index (χ2v) is 4.85. The predicted octanol–water partition coefficient (Wildman–Crippen LogP) is 1.39. The highest BCUT2D eigenvalue weighted by Crippen LogP contribution is 2.26. The zero-order valence-electron chi connectivity index (χ0n) is 10.9. The predicted molar refractivity (Wildman–Crippen MR) is 73.8 cm³/mol. The molecular formula is C13H15N5O2. The Morgan fingerprint density at radius 3 is 3.05 bits per heavy atom. The van der Waals surface area contributed by atoms with Crippen molar-refractivity contribution in [3.8, 4) is 0 Å². The van der Waals surface area contributed by atoms with Crippen LogP contribution in [0.2, 0.25) is 0 Å². The maximum atomic E-state index is 10.9. The van der Waals surface area contributed by atoms with E-state index in [1.165, 1.54) is 6.07 Å². The lowest BCUT2D eigenvalue weighted by Gasteiger charge is -2.27. The monoisotopic (exact) mass is 273 g/mol. The summed E-state index contributed by atoms with van der Waals surface area (Å²) >= 11 is 0. The first-order chi connectivity index (χ1) is 9.65. The van der Waals surface area contributed by atoms with Crippen LogP contribution in [0.3, 0.4) is 0 Å². The quantitative estimate of drug-likeness (QED) is 0.518. The first-order valence-electron chi connectivity index (χ1n) is 6.39. The Bertz CT molecular complexity index is 652. The molecule has 0 fully saturated rings. The number of aromatic nitrogens is 2. The van der Waals surface area contributed by atoms with Gasteiger partial charge in [-0.05, 0) is 5.56 Å². The third kappa shape index (κ3) is 2.23. The highest BCUT2D eigenvalue weighted by molar-refractivity contribution is 5.62. The van der Waals surface area contributed by atoms with Crippen molar-refractivity contribution in [2.75, 3.05) is 12.3 Å². The number of imidazole rings is 1. The number of nitro benzene ring substituents is 1. The molecule has 0 amide bonds. The first-order valence-corrected chi connectivity index (χ1v) is 6.39. The summed E-state index contributed by atoms with van der Waals surface area (Å²) in [6.07, 6.45) is 3.76. The lowest BCUT2D eigenvalue weighted by Crippen LogP contribution is -2.33. The summed E-state index contributed by atoms with van der Waals surface area (Å²) in [5, 5.41) is 10.9. The number of nitrogens with zero attached hydrogens (tertiary/aromatic N) is 4. The number of anilines is 1. The molecule has 1 aliphatic rings. The SMILES string of the molecule is Nc1c(CN2CCn3ccnc3C2)cccc1[N+](=O)[O-]. The average molecular weight is 273 g/mol. The van der Waals surface area contributed by atoms with Gasteiger partial charge in [-0.2, -0.15) is 0 Å². The number of nitrogens with two attached hydrogens (primary N) is 1. The number of nitrogen functional groups attached to an aromatic ring is 1. The third-order valence-corrected chi connectivity index (χ3v) is 3.59. The van der Waals surface area contributed by atoms with Gasteiger partial charge in [0, 0.05) is 38.1 Å². The van der Waals surface area contributed by atoms with E-state index < -0.39 is 4.92 Å². The van der Waals surface area contributed by atoms with Gasteiger partial charge in [-0.3, -0.25) is 15.0 Å². The maximum absolute atomic E-state index is 10.9. The summed E-state index contributed by atoms with van der Waals surface area (Å²) in [5.41, 5.74) is 6.91. The standard InChI is InChI=1S/C13H15N5O2/c14-13-10(2-1-3-11(13)18(19)20)8-16-6-7-17-5-4-15-12(17)9-16/h1-5H,6-9,14H2. The van der Waals surface area contributed by atoms with E-state index in [4.69, 9.17) is 5.73 Å². The topological polar surface area (TPSA) is 90.2 Å². The number of hydrogen-bond acceptors (Lipinski definition) is 5. The molecule has 7 nitrogen and oxygen atoms in total. The van der Waals surface area contributed by atoms with E-state index in [1.54, 1.807) is 12.3 Å². The Morgan fingerprint density at radius 1 is 1.40 bits per heavy atom. The van der Waals surface area contributed by atoms with Crippen LogP contribution in [0.4, 0.5) is 11.4 Å². The molecule has 2 heterocycles. The van der Waals surface area contributed by atoms with Gasteiger partial charge in [0.05, 0.1) is 11.5 Å². The minimum Gasteiger partial charge on any atom is -0.393 e.